The van der Waals surface area contributed by atoms with Crippen molar-refractivity contribution in [1.82, 2.24) is 9.80 Å². The molecule has 5 heteroatoms. The molecule has 0 unspecified atom stereocenters. The van der Waals surface area contributed by atoms with Crippen LogP contribution >= 0.6 is 0 Å². The van der Waals surface area contributed by atoms with Gasteiger partial charge in [-0.15, -0.1) is 0 Å². The second-order valence-electron chi connectivity index (χ2n) is 5.29. The van der Waals surface area contributed by atoms with Crippen molar-refractivity contribution in [2.24, 2.45) is 5.92 Å². The van der Waals surface area contributed by atoms with Gasteiger partial charge in [0.2, 0.25) is 12.3 Å². The standard InChI is InChI=1S/C6H12O.C5H9NO.C3H7NO/c1-5(2)4-6(3)7;1-6-4-2-3-5(6)7;1-4(2)3-5/h5H,4H2,1-3H3;2-4H2,1H3;3H,1-2H3. The maximum atomic E-state index is 10.5. The molecule has 0 saturated carbocycles. The Morgan fingerprint density at radius 3 is 1.95 bits per heavy atom. The van der Waals surface area contributed by atoms with Crippen LogP contribution in [0.5, 0.6) is 0 Å². The molecular weight excluding hydrogens is 244 g/mol. The first-order valence-electron chi connectivity index (χ1n) is 6.55. The number of hydrogen-bond acceptors (Lipinski definition) is 3. The van der Waals surface area contributed by atoms with Gasteiger partial charge in [-0.25, -0.2) is 0 Å². The quantitative estimate of drug-likeness (QED) is 0.733. The maximum Gasteiger partial charge on any atom is 0.222 e. The zero-order valence-corrected chi connectivity index (χ0v) is 13.1. The molecule has 112 valence electrons. The zero-order valence-electron chi connectivity index (χ0n) is 13.1. The lowest BCUT2D eigenvalue weighted by Crippen LogP contribution is -2.17. The minimum atomic E-state index is 0.287. The smallest absolute Gasteiger partial charge is 0.222 e. The highest BCUT2D eigenvalue weighted by Gasteiger charge is 2.14. The predicted octanol–water partition coefficient (Wildman–Crippen LogP) is 1.56. The van der Waals surface area contributed by atoms with E-state index >= 15 is 0 Å². The molecule has 1 fully saturated rings. The third-order valence-electron chi connectivity index (χ3n) is 2.22. The van der Waals surface area contributed by atoms with E-state index < -0.39 is 0 Å². The highest BCUT2D eigenvalue weighted by Crippen LogP contribution is 2.04. The lowest BCUT2D eigenvalue weighted by atomic mass is 10.1. The van der Waals surface area contributed by atoms with Crippen molar-refractivity contribution < 1.29 is 14.4 Å². The summed E-state index contributed by atoms with van der Waals surface area (Å²) in [5.41, 5.74) is 0. The van der Waals surface area contributed by atoms with Gasteiger partial charge in [0.1, 0.15) is 5.78 Å². The molecule has 19 heavy (non-hydrogen) atoms. The summed E-state index contributed by atoms with van der Waals surface area (Å²) in [7, 11) is 5.22. The Hall–Kier alpha value is -1.39. The van der Waals surface area contributed by atoms with Gasteiger partial charge in [-0.3, -0.25) is 9.59 Å². The van der Waals surface area contributed by atoms with Crippen molar-refractivity contribution in [2.75, 3.05) is 27.7 Å². The molecule has 0 aliphatic carbocycles. The number of nitrogens with zero attached hydrogens (tertiary/aromatic N) is 2. The maximum absolute atomic E-state index is 10.5. The summed E-state index contributed by atoms with van der Waals surface area (Å²) in [5.74, 6) is 1.10. The third kappa shape index (κ3) is 16.6. The van der Waals surface area contributed by atoms with Gasteiger partial charge in [0.05, 0.1) is 0 Å². The molecule has 0 radical (unpaired) electrons. The van der Waals surface area contributed by atoms with Crippen LogP contribution in [0.4, 0.5) is 0 Å². The Bertz CT molecular complexity index is 276. The first kappa shape index (κ1) is 19.9. The van der Waals surface area contributed by atoms with Gasteiger partial charge in [-0.05, 0) is 19.3 Å². The lowest BCUT2D eigenvalue weighted by molar-refractivity contribution is -0.126. The van der Waals surface area contributed by atoms with Crippen molar-refractivity contribution in [3.8, 4) is 0 Å². The van der Waals surface area contributed by atoms with Crippen molar-refractivity contribution in [3.05, 3.63) is 0 Å². The molecule has 5 nitrogen and oxygen atoms in total. The molecule has 0 N–H and O–H groups in total. The number of Topliss-reactive ketones (excluding diaryl/α,β-unsaturated/α-hetero) is 1. The monoisotopic (exact) mass is 272 g/mol. The molecular formula is C14H28N2O3. The van der Waals surface area contributed by atoms with E-state index in [1.54, 1.807) is 25.9 Å². The van der Waals surface area contributed by atoms with E-state index in [9.17, 15) is 14.4 Å². The van der Waals surface area contributed by atoms with Crippen LogP contribution < -0.4 is 0 Å². The van der Waals surface area contributed by atoms with Crippen LogP contribution in [0, 0.1) is 5.92 Å². The molecule has 1 heterocycles. The minimum absolute atomic E-state index is 0.287. The van der Waals surface area contributed by atoms with Crippen LogP contribution in [0.2, 0.25) is 0 Å². The number of likely N-dealkylation sites (tertiary alicyclic amines) is 1. The first-order chi connectivity index (χ1) is 8.70. The van der Waals surface area contributed by atoms with Crippen LogP contribution in [0.25, 0.3) is 0 Å². The highest BCUT2D eigenvalue weighted by molar-refractivity contribution is 5.77. The average molecular weight is 272 g/mol. The van der Waals surface area contributed by atoms with E-state index in [1.807, 2.05) is 20.9 Å². The highest BCUT2D eigenvalue weighted by atomic mass is 16.2. The van der Waals surface area contributed by atoms with Gasteiger partial charge in [0.15, 0.2) is 0 Å². The van der Waals surface area contributed by atoms with E-state index in [2.05, 4.69) is 0 Å². The summed E-state index contributed by atoms with van der Waals surface area (Å²) < 4.78 is 0. The van der Waals surface area contributed by atoms with E-state index in [-0.39, 0.29) is 5.78 Å². The first-order valence-corrected chi connectivity index (χ1v) is 6.55. The Balaban J connectivity index is 0. The number of rotatable bonds is 3. The molecule has 1 rings (SSSR count). The molecule has 0 spiro atoms. The van der Waals surface area contributed by atoms with Crippen molar-refractivity contribution in [1.29, 1.82) is 0 Å². The van der Waals surface area contributed by atoms with Crippen LogP contribution in [0.1, 0.15) is 40.0 Å². The SMILES string of the molecule is CC(=O)CC(C)C.CN(C)C=O.CN1CCCC1=O. The summed E-state index contributed by atoms with van der Waals surface area (Å²) in [6.07, 6.45) is 3.28. The fraction of sp³-hybridized carbons (Fsp3) is 0.786. The fourth-order valence-corrected chi connectivity index (χ4v) is 1.36. The van der Waals surface area contributed by atoms with Crippen LogP contribution in [0.3, 0.4) is 0 Å². The Kier molecular flexibility index (Phi) is 12.3. The third-order valence-corrected chi connectivity index (χ3v) is 2.22. The second kappa shape index (κ2) is 11.7. The summed E-state index contributed by atoms with van der Waals surface area (Å²) in [5, 5.41) is 0. The molecule has 1 aliphatic heterocycles. The van der Waals surface area contributed by atoms with E-state index in [4.69, 9.17) is 0 Å². The van der Waals surface area contributed by atoms with Gasteiger partial charge in [0, 0.05) is 40.5 Å². The van der Waals surface area contributed by atoms with Crippen molar-refractivity contribution in [3.63, 3.8) is 0 Å². The molecule has 2 amide bonds. The van der Waals surface area contributed by atoms with Crippen LogP contribution in [-0.4, -0.2) is 55.6 Å². The van der Waals surface area contributed by atoms with Gasteiger partial charge in [0.25, 0.3) is 0 Å². The summed E-state index contributed by atoms with van der Waals surface area (Å²) in [6, 6.07) is 0. The largest absolute Gasteiger partial charge is 0.351 e. The summed E-state index contributed by atoms with van der Waals surface area (Å²) >= 11 is 0. The average Bonchev–Trinajstić information content (AvgIpc) is 2.63. The molecule has 0 bridgehead atoms. The van der Waals surface area contributed by atoms with Crippen LogP contribution in [0.15, 0.2) is 0 Å². The normalized spacial score (nSPS) is 13.2. The Morgan fingerprint density at radius 2 is 1.89 bits per heavy atom. The Morgan fingerprint density at radius 1 is 1.42 bits per heavy atom. The summed E-state index contributed by atoms with van der Waals surface area (Å²) in [6.45, 7) is 6.67. The second-order valence-corrected chi connectivity index (χ2v) is 5.29. The molecule has 1 saturated heterocycles. The van der Waals surface area contributed by atoms with E-state index in [0.717, 1.165) is 32.2 Å². The fourth-order valence-electron chi connectivity index (χ4n) is 1.36. The van der Waals surface area contributed by atoms with Crippen LogP contribution in [-0.2, 0) is 14.4 Å². The number of carbonyl (C=O) groups excluding carboxylic acids is 3. The van der Waals surface area contributed by atoms with E-state index in [0.29, 0.717) is 11.8 Å². The van der Waals surface area contributed by atoms with E-state index in [1.165, 1.54) is 4.90 Å². The zero-order chi connectivity index (χ0) is 15.4. The van der Waals surface area contributed by atoms with Gasteiger partial charge in [-0.2, -0.15) is 0 Å². The van der Waals surface area contributed by atoms with Gasteiger partial charge in [-0.1, -0.05) is 13.8 Å². The minimum Gasteiger partial charge on any atom is -0.351 e. The van der Waals surface area contributed by atoms with Crippen molar-refractivity contribution >= 4 is 18.1 Å². The number of hydrogen-bond donors (Lipinski definition) is 0. The van der Waals surface area contributed by atoms with Gasteiger partial charge < -0.3 is 14.6 Å². The summed E-state index contributed by atoms with van der Waals surface area (Å²) in [4.78, 5) is 33.4. The molecule has 0 aromatic rings. The van der Waals surface area contributed by atoms with Gasteiger partial charge >= 0.3 is 0 Å². The number of carbonyl (C=O) groups is 3. The topological polar surface area (TPSA) is 57.7 Å². The molecule has 0 atom stereocenters. The molecule has 1 aliphatic rings. The molecule has 0 aromatic heterocycles. The number of amides is 2. The Labute approximate surface area is 116 Å². The lowest BCUT2D eigenvalue weighted by Gasteiger charge is -2.03. The predicted molar refractivity (Wildman–Crippen MR) is 76.8 cm³/mol. The number of ketones is 1. The van der Waals surface area contributed by atoms with Crippen molar-refractivity contribution in [2.45, 2.75) is 40.0 Å². The molecule has 0 aromatic carbocycles.